The van der Waals surface area contributed by atoms with E-state index in [2.05, 4.69) is 6.92 Å². The van der Waals surface area contributed by atoms with E-state index in [1.54, 1.807) is 21.1 Å². The number of unbranched alkanes of at least 4 members (excludes halogenated alkanes) is 12. The molecule has 0 fully saturated rings. The highest BCUT2D eigenvalue weighted by Crippen LogP contribution is 2.64. The fourth-order valence-electron chi connectivity index (χ4n) is 5.01. The first-order chi connectivity index (χ1) is 27.1. The van der Waals surface area contributed by atoms with E-state index in [0.29, 0.717) is 17.4 Å². The lowest BCUT2D eigenvalue weighted by atomic mass is 9.89. The van der Waals surface area contributed by atoms with Crippen LogP contribution in [0.2, 0.25) is 0 Å². The molecular weight excluding hydrogens is 884 g/mol. The van der Waals surface area contributed by atoms with Crippen LogP contribution in [0, 0.1) is 0 Å². The lowest BCUT2D eigenvalue weighted by Crippen LogP contribution is -2.74. The molecule has 0 radical (unpaired) electrons. The van der Waals surface area contributed by atoms with Crippen molar-refractivity contribution in [3.63, 3.8) is 0 Å². The molecule has 60 heavy (non-hydrogen) atoms. The molecule has 0 aromatic rings. The topological polar surface area (TPSA) is 74.2 Å². The number of hydrogen-bond acceptors (Lipinski definition) is 5. The zero-order chi connectivity index (χ0) is 47.0. The van der Waals surface area contributed by atoms with E-state index < -0.39 is 100 Å². The van der Waals surface area contributed by atoms with Crippen molar-refractivity contribution < 1.29 is 107 Å². The first-order valence-electron chi connectivity index (χ1n) is 19.1. The maximum Gasteiger partial charge on any atom is 0.472 e. The van der Waals surface area contributed by atoms with Gasteiger partial charge in [0.15, 0.2) is 0 Å². The molecule has 1 N–H and O–H groups in total. The minimum atomic E-state index is -8.69. The van der Waals surface area contributed by atoms with Gasteiger partial charge >= 0.3 is 55.5 Å². The minimum Gasteiger partial charge on any atom is -0.379 e. The number of nitrogens with zero attached hydrogens (tertiary/aromatic N) is 1. The summed E-state index contributed by atoms with van der Waals surface area (Å²) in [5.74, 6) is -56.9. The summed E-state index contributed by atoms with van der Waals surface area (Å²) in [6.07, 6.45) is 1.19. The van der Waals surface area contributed by atoms with Crippen LogP contribution < -0.4 is 0 Å². The first kappa shape index (κ1) is 58.5. The Bertz CT molecular complexity index is 1300. The molecular formula is C35H56F17NO6P+. The second kappa shape index (κ2) is 24.0. The van der Waals surface area contributed by atoms with Crippen LogP contribution in [0.3, 0.4) is 0 Å². The van der Waals surface area contributed by atoms with Crippen LogP contribution >= 0.6 is 7.82 Å². The Morgan fingerprint density at radius 2 is 0.983 bits per heavy atom. The Hall–Kier alpha value is -1.46. The van der Waals surface area contributed by atoms with Gasteiger partial charge in [-0.1, -0.05) is 83.6 Å². The van der Waals surface area contributed by atoms with Crippen molar-refractivity contribution in [2.75, 3.05) is 60.7 Å². The highest BCUT2D eigenvalue weighted by Gasteiger charge is 2.95. The number of likely N-dealkylation sites (N-methyl/N-ethyl adjacent to an activating group) is 1. The third kappa shape index (κ3) is 16.9. The van der Waals surface area contributed by atoms with E-state index >= 15 is 0 Å². The van der Waals surface area contributed by atoms with Gasteiger partial charge in [0.05, 0.1) is 34.4 Å². The molecule has 0 heterocycles. The maximum atomic E-state index is 14.1. The molecule has 0 rings (SSSR count). The number of quaternary nitrogens is 1. The third-order valence-corrected chi connectivity index (χ3v) is 9.81. The monoisotopic (exact) mass is 940 g/mol. The van der Waals surface area contributed by atoms with E-state index in [1.165, 1.54) is 32.1 Å². The summed E-state index contributed by atoms with van der Waals surface area (Å²) in [7, 11) is 0.783. The van der Waals surface area contributed by atoms with Gasteiger partial charge < -0.3 is 18.9 Å². The predicted octanol–water partition coefficient (Wildman–Crippen LogP) is 12.3. The van der Waals surface area contributed by atoms with Crippen molar-refractivity contribution in [2.45, 2.75) is 151 Å². The zero-order valence-electron chi connectivity index (χ0n) is 33.7. The Labute approximate surface area is 338 Å². The van der Waals surface area contributed by atoms with Gasteiger partial charge in [0.1, 0.15) is 19.3 Å². The average Bonchev–Trinajstić information content (AvgIpc) is 3.10. The molecule has 7 nitrogen and oxygen atoms in total. The molecule has 25 heteroatoms. The van der Waals surface area contributed by atoms with Crippen molar-refractivity contribution in [1.82, 2.24) is 0 Å². The smallest absolute Gasteiger partial charge is 0.379 e. The normalized spacial score (nSPS) is 16.2. The van der Waals surface area contributed by atoms with Gasteiger partial charge in [-0.3, -0.25) is 9.05 Å². The van der Waals surface area contributed by atoms with Crippen molar-refractivity contribution in [1.29, 1.82) is 0 Å². The highest BCUT2D eigenvalue weighted by molar-refractivity contribution is 7.47. The summed E-state index contributed by atoms with van der Waals surface area (Å²) in [6.45, 7) is 1.01. The van der Waals surface area contributed by atoms with Gasteiger partial charge in [-0.25, -0.2) is 4.57 Å². The third-order valence-electron chi connectivity index (χ3n) is 8.83. The number of ether oxygens (including phenoxy) is 2. The van der Waals surface area contributed by atoms with Crippen molar-refractivity contribution in [3.8, 4) is 0 Å². The summed E-state index contributed by atoms with van der Waals surface area (Å²) in [6, 6.07) is 0. The summed E-state index contributed by atoms with van der Waals surface area (Å²) in [5, 5.41) is 0. The summed E-state index contributed by atoms with van der Waals surface area (Å²) < 4.78 is 263. The molecule has 1 unspecified atom stereocenters. The van der Waals surface area contributed by atoms with Crippen LogP contribution in [-0.2, 0) is 23.1 Å². The van der Waals surface area contributed by atoms with Crippen LogP contribution in [0.4, 0.5) is 74.6 Å². The summed E-state index contributed by atoms with van der Waals surface area (Å²) >= 11 is 0. The number of rotatable bonds is 34. The Morgan fingerprint density at radius 3 is 1.43 bits per heavy atom. The van der Waals surface area contributed by atoms with Crippen LogP contribution in [-0.4, -0.2) is 124 Å². The molecule has 0 amide bonds. The quantitative estimate of drug-likeness (QED) is 0.0228. The Balaban J connectivity index is 5.39. The summed E-state index contributed by atoms with van der Waals surface area (Å²) in [5.41, 5.74) is 0. The standard InChI is InChI=1S/C35H55F17NO6P/c1-5-6-7-8-9-10-11-12-13-14-15-19-23-57-27(26-59-60(54,55)58-24-21-53(2,3)4)25-56-22-18-16-17-20-28(36,37)29(38,39)30(40,41)31(42,43)32(44,45)33(46,47)34(48,49)35(50,51)52/h17,20,27H,5-16,18-19,21-26H2,1-4H3/p+1/b20-17+/t27-/m1/s1. The molecule has 0 aliphatic heterocycles. The molecule has 2 atom stereocenters. The molecule has 0 bridgehead atoms. The number of phosphoric ester groups is 1. The largest absolute Gasteiger partial charge is 0.472 e. The highest BCUT2D eigenvalue weighted by atomic mass is 31.2. The number of phosphoric acid groups is 1. The van der Waals surface area contributed by atoms with Gasteiger partial charge in [-0.2, -0.15) is 74.6 Å². The summed E-state index contributed by atoms with van der Waals surface area (Å²) in [4.78, 5) is 10.0. The Morgan fingerprint density at radius 1 is 0.550 bits per heavy atom. The van der Waals surface area contributed by atoms with Gasteiger partial charge in [0.2, 0.25) is 0 Å². The minimum absolute atomic E-state index is 0.0730. The molecule has 0 aromatic heterocycles. The maximum absolute atomic E-state index is 14.1. The fourth-order valence-corrected chi connectivity index (χ4v) is 5.75. The average molecular weight is 941 g/mol. The number of allylic oxidation sites excluding steroid dienone is 2. The van der Waals surface area contributed by atoms with Crippen LogP contribution in [0.25, 0.3) is 0 Å². The predicted molar refractivity (Wildman–Crippen MR) is 185 cm³/mol. The molecule has 0 saturated heterocycles. The fraction of sp³-hybridized carbons (Fsp3) is 0.943. The number of hydrogen-bond donors (Lipinski definition) is 1. The number of halogens is 17. The van der Waals surface area contributed by atoms with Crippen LogP contribution in [0.1, 0.15) is 96.8 Å². The molecule has 0 aromatic carbocycles. The number of alkyl halides is 17. The first-order valence-corrected chi connectivity index (χ1v) is 20.6. The second-order valence-corrected chi connectivity index (χ2v) is 16.6. The van der Waals surface area contributed by atoms with Crippen molar-refractivity contribution >= 4 is 7.82 Å². The molecule has 0 aliphatic rings. The van der Waals surface area contributed by atoms with E-state index in [4.69, 9.17) is 18.5 Å². The lowest BCUT2D eigenvalue weighted by Gasteiger charge is -2.42. The van der Waals surface area contributed by atoms with E-state index in [9.17, 15) is 84.1 Å². The van der Waals surface area contributed by atoms with E-state index in [-0.39, 0.29) is 19.3 Å². The van der Waals surface area contributed by atoms with E-state index in [0.717, 1.165) is 38.5 Å². The van der Waals surface area contributed by atoms with Gasteiger partial charge in [0.25, 0.3) is 0 Å². The van der Waals surface area contributed by atoms with Crippen LogP contribution in [0.15, 0.2) is 12.2 Å². The van der Waals surface area contributed by atoms with Gasteiger partial charge in [-0.15, -0.1) is 0 Å². The van der Waals surface area contributed by atoms with Crippen molar-refractivity contribution in [2.24, 2.45) is 0 Å². The van der Waals surface area contributed by atoms with Gasteiger partial charge in [-0.05, 0) is 25.3 Å². The Kier molecular flexibility index (Phi) is 23.4. The van der Waals surface area contributed by atoms with E-state index in [1.807, 2.05) is 0 Å². The molecule has 0 saturated carbocycles. The van der Waals surface area contributed by atoms with Crippen LogP contribution in [0.5, 0.6) is 0 Å². The second-order valence-electron chi connectivity index (χ2n) is 15.2. The van der Waals surface area contributed by atoms with Crippen molar-refractivity contribution in [3.05, 3.63) is 12.2 Å². The molecule has 0 spiro atoms. The zero-order valence-corrected chi connectivity index (χ0v) is 34.6. The van der Waals surface area contributed by atoms with Gasteiger partial charge in [0, 0.05) is 13.2 Å². The molecule has 0 aliphatic carbocycles. The SMILES string of the molecule is CCCCCCCCCCCCCCO[C@H](COCCC/C=C/C(F)(F)C(F)(F)C(F)(F)C(F)(F)C(F)(F)C(F)(F)C(F)(F)C(F)(F)F)COP(=O)(O)OCC[N+](C)(C)C. The lowest BCUT2D eigenvalue weighted by molar-refractivity contribution is -0.870. The molecule has 360 valence electrons.